The molecule has 0 bridgehead atoms. The third-order valence-corrected chi connectivity index (χ3v) is 3.67. The molecular weight excluding hydrogens is 218 g/mol. The Morgan fingerprint density at radius 1 is 1.67 bits per heavy atom. The molecular formula is C8H11N3O3S. The Kier molecular flexibility index (Phi) is 2.71. The van der Waals surface area contributed by atoms with Gasteiger partial charge < -0.3 is 11.5 Å². The van der Waals surface area contributed by atoms with E-state index in [1.165, 1.54) is 6.08 Å². The third kappa shape index (κ3) is 1.68. The summed E-state index contributed by atoms with van der Waals surface area (Å²) in [5.74, 6) is 0. The molecule has 1 aliphatic rings. The second-order valence-electron chi connectivity index (χ2n) is 3.35. The Labute approximate surface area is 87.6 Å². The van der Waals surface area contributed by atoms with Gasteiger partial charge in [0, 0.05) is 0 Å². The molecule has 6 nitrogen and oxygen atoms in total. The normalized spacial score (nSPS) is 31.5. The van der Waals surface area contributed by atoms with Gasteiger partial charge in [-0.3, -0.25) is 4.55 Å². The molecule has 0 saturated heterocycles. The lowest BCUT2D eigenvalue weighted by molar-refractivity contribution is 0.432. The van der Waals surface area contributed by atoms with Gasteiger partial charge in [0.1, 0.15) is 0 Å². The van der Waals surface area contributed by atoms with Crippen molar-refractivity contribution in [3.63, 3.8) is 0 Å². The van der Waals surface area contributed by atoms with E-state index in [0.717, 1.165) is 6.08 Å². The van der Waals surface area contributed by atoms with Crippen molar-refractivity contribution in [2.75, 3.05) is 0 Å². The van der Waals surface area contributed by atoms with Crippen molar-refractivity contribution in [2.24, 2.45) is 11.5 Å². The minimum atomic E-state index is -4.56. The van der Waals surface area contributed by atoms with Crippen LogP contribution in [0.1, 0.15) is 6.92 Å². The van der Waals surface area contributed by atoms with E-state index in [2.05, 4.69) is 0 Å². The van der Waals surface area contributed by atoms with E-state index >= 15 is 0 Å². The quantitative estimate of drug-likeness (QED) is 0.508. The molecule has 82 valence electrons. The van der Waals surface area contributed by atoms with Crippen molar-refractivity contribution in [1.82, 2.24) is 0 Å². The topological polar surface area (TPSA) is 130 Å². The Bertz CT molecular complexity index is 486. The van der Waals surface area contributed by atoms with Crippen LogP contribution in [-0.4, -0.2) is 23.9 Å². The van der Waals surface area contributed by atoms with Crippen LogP contribution in [0.3, 0.4) is 0 Å². The van der Waals surface area contributed by atoms with Crippen molar-refractivity contribution in [2.45, 2.75) is 17.8 Å². The van der Waals surface area contributed by atoms with Gasteiger partial charge in [-0.2, -0.15) is 13.7 Å². The summed E-state index contributed by atoms with van der Waals surface area (Å²) in [6, 6.07) is 0.517. The molecule has 0 fully saturated rings. The van der Waals surface area contributed by atoms with Crippen molar-refractivity contribution in [3.05, 3.63) is 23.3 Å². The van der Waals surface area contributed by atoms with Crippen LogP contribution in [-0.2, 0) is 10.1 Å². The van der Waals surface area contributed by atoms with E-state index in [4.69, 9.17) is 21.3 Å². The van der Waals surface area contributed by atoms with Crippen molar-refractivity contribution in [1.29, 1.82) is 5.26 Å². The number of hydrogen-bond donors (Lipinski definition) is 3. The number of nitrogens with two attached hydrogens (primary N) is 2. The van der Waals surface area contributed by atoms with E-state index < -0.39 is 21.0 Å². The fourth-order valence-electron chi connectivity index (χ4n) is 1.32. The predicted molar refractivity (Wildman–Crippen MR) is 53.9 cm³/mol. The summed E-state index contributed by atoms with van der Waals surface area (Å²) in [6.45, 7) is 1.61. The molecule has 7 heteroatoms. The summed E-state index contributed by atoms with van der Waals surface area (Å²) >= 11 is 0. The molecule has 0 aliphatic heterocycles. The van der Waals surface area contributed by atoms with Gasteiger partial charge in [0.15, 0.2) is 4.87 Å². The zero-order valence-electron chi connectivity index (χ0n) is 8.01. The van der Waals surface area contributed by atoms with Gasteiger partial charge in [0.05, 0.1) is 17.7 Å². The van der Waals surface area contributed by atoms with E-state index in [1.807, 2.05) is 0 Å². The Morgan fingerprint density at radius 3 is 2.60 bits per heavy atom. The van der Waals surface area contributed by atoms with Crippen molar-refractivity contribution < 1.29 is 13.0 Å². The standard InChI is InChI=1S/C8H11N3O3S/c1-5-2-3-8(11,15(12,13)14)7(10)6(5)4-9/h2-3,7H,10-11H2,1H3,(H,12,13,14). The predicted octanol–water partition coefficient (Wildman–Crippen LogP) is -0.734. The van der Waals surface area contributed by atoms with Gasteiger partial charge >= 0.3 is 0 Å². The molecule has 0 heterocycles. The molecule has 1 rings (SSSR count). The summed E-state index contributed by atoms with van der Waals surface area (Å²) in [5.41, 5.74) is 11.6. The maximum Gasteiger partial charge on any atom is 0.289 e. The van der Waals surface area contributed by atoms with Crippen LogP contribution in [0, 0.1) is 11.3 Å². The lowest BCUT2D eigenvalue weighted by Crippen LogP contribution is -2.60. The Balaban J connectivity index is 3.37. The average molecular weight is 229 g/mol. The molecule has 1 aliphatic carbocycles. The zero-order valence-corrected chi connectivity index (χ0v) is 8.82. The minimum Gasteiger partial charge on any atom is -0.321 e. The fourth-order valence-corrected chi connectivity index (χ4v) is 2.00. The van der Waals surface area contributed by atoms with Gasteiger partial charge in [0.2, 0.25) is 0 Å². The number of nitrogens with zero attached hydrogens (tertiary/aromatic N) is 1. The maximum absolute atomic E-state index is 11.1. The minimum absolute atomic E-state index is 0.0534. The Morgan fingerprint density at radius 2 is 2.20 bits per heavy atom. The molecule has 2 atom stereocenters. The molecule has 0 aromatic rings. The molecule has 0 aromatic carbocycles. The molecule has 0 aromatic heterocycles. The highest BCUT2D eigenvalue weighted by Crippen LogP contribution is 2.27. The van der Waals surface area contributed by atoms with Gasteiger partial charge in [-0.25, -0.2) is 0 Å². The summed E-state index contributed by atoms with van der Waals surface area (Å²) in [7, 11) is -4.56. The fraction of sp³-hybridized carbons (Fsp3) is 0.375. The molecule has 0 radical (unpaired) electrons. The summed E-state index contributed by atoms with van der Waals surface area (Å²) in [4.78, 5) is -2.13. The number of rotatable bonds is 1. The summed E-state index contributed by atoms with van der Waals surface area (Å²) in [6.07, 6.45) is 2.44. The van der Waals surface area contributed by atoms with Crippen LogP contribution in [0.25, 0.3) is 0 Å². The van der Waals surface area contributed by atoms with Gasteiger partial charge in [-0.05, 0) is 18.6 Å². The second-order valence-corrected chi connectivity index (χ2v) is 5.01. The first-order chi connectivity index (χ1) is 6.74. The molecule has 5 N–H and O–H groups in total. The SMILES string of the molecule is CC1=C(C#N)C(N)C(N)(S(=O)(=O)O)C=C1. The van der Waals surface area contributed by atoms with Crippen LogP contribution >= 0.6 is 0 Å². The average Bonchev–Trinajstić information content (AvgIpc) is 2.11. The molecule has 0 spiro atoms. The maximum atomic E-state index is 11.1. The van der Waals surface area contributed by atoms with Crippen LogP contribution in [0.4, 0.5) is 0 Å². The number of hydrogen-bond acceptors (Lipinski definition) is 5. The van der Waals surface area contributed by atoms with Gasteiger partial charge in [-0.15, -0.1) is 0 Å². The van der Waals surface area contributed by atoms with E-state index in [-0.39, 0.29) is 5.57 Å². The Hall–Kier alpha value is -1.20. The highest BCUT2D eigenvalue weighted by Gasteiger charge is 2.46. The molecule has 15 heavy (non-hydrogen) atoms. The molecule has 2 unspecified atom stereocenters. The first-order valence-corrected chi connectivity index (χ1v) is 5.49. The first-order valence-electron chi connectivity index (χ1n) is 4.05. The third-order valence-electron chi connectivity index (χ3n) is 2.38. The second kappa shape index (κ2) is 3.43. The largest absolute Gasteiger partial charge is 0.321 e. The highest BCUT2D eigenvalue weighted by atomic mass is 32.2. The zero-order chi connectivity index (χ0) is 11.9. The van der Waals surface area contributed by atoms with E-state index in [0.29, 0.717) is 5.57 Å². The van der Waals surface area contributed by atoms with Gasteiger partial charge in [-0.1, -0.05) is 6.08 Å². The number of allylic oxidation sites excluding steroid dienone is 2. The smallest absolute Gasteiger partial charge is 0.289 e. The van der Waals surface area contributed by atoms with Crippen molar-refractivity contribution in [3.8, 4) is 6.07 Å². The summed E-state index contributed by atoms with van der Waals surface area (Å²) in [5, 5.41) is 8.78. The molecule has 0 amide bonds. The van der Waals surface area contributed by atoms with Crippen molar-refractivity contribution >= 4 is 10.1 Å². The number of nitriles is 1. The van der Waals surface area contributed by atoms with Crippen LogP contribution in [0.2, 0.25) is 0 Å². The lowest BCUT2D eigenvalue weighted by atomic mass is 9.91. The highest BCUT2D eigenvalue weighted by molar-refractivity contribution is 7.87. The van der Waals surface area contributed by atoms with Crippen LogP contribution < -0.4 is 11.5 Å². The summed E-state index contributed by atoms with van der Waals surface area (Å²) < 4.78 is 31.1. The molecule has 0 saturated carbocycles. The van der Waals surface area contributed by atoms with Crippen LogP contribution in [0.15, 0.2) is 23.3 Å². The van der Waals surface area contributed by atoms with E-state index in [1.54, 1.807) is 13.0 Å². The van der Waals surface area contributed by atoms with Gasteiger partial charge in [0.25, 0.3) is 10.1 Å². The lowest BCUT2D eigenvalue weighted by Gasteiger charge is -2.31. The monoisotopic (exact) mass is 229 g/mol. The van der Waals surface area contributed by atoms with Crippen LogP contribution in [0.5, 0.6) is 0 Å². The van der Waals surface area contributed by atoms with E-state index in [9.17, 15) is 8.42 Å². The first kappa shape index (κ1) is 11.9.